The number of anilines is 4. The number of alkyl halides is 1. The van der Waals surface area contributed by atoms with Gasteiger partial charge in [0.25, 0.3) is 5.91 Å². The van der Waals surface area contributed by atoms with Crippen LogP contribution in [0.2, 0.25) is 0 Å². The average Bonchev–Trinajstić information content (AvgIpc) is 3.25. The smallest absolute Gasteiger partial charge is 0.321 e. The van der Waals surface area contributed by atoms with E-state index < -0.39 is 17.9 Å². The molecule has 0 aliphatic carbocycles. The molecule has 4 rings (SSSR count). The van der Waals surface area contributed by atoms with E-state index in [1.54, 1.807) is 42.5 Å². The Bertz CT molecular complexity index is 1210. The van der Waals surface area contributed by atoms with E-state index in [9.17, 15) is 18.4 Å². The predicted octanol–water partition coefficient (Wildman–Crippen LogP) is 3.65. The van der Waals surface area contributed by atoms with E-state index in [2.05, 4.69) is 25.9 Å². The van der Waals surface area contributed by atoms with Crippen molar-refractivity contribution in [3.63, 3.8) is 0 Å². The molecular weight excluding hydrogens is 444 g/mol. The van der Waals surface area contributed by atoms with Gasteiger partial charge in [0.1, 0.15) is 17.8 Å². The molecule has 1 aliphatic rings. The summed E-state index contributed by atoms with van der Waals surface area (Å²) in [6.45, 7) is 0.529. The summed E-state index contributed by atoms with van der Waals surface area (Å²) >= 11 is 0. The number of aromatic nitrogens is 2. The van der Waals surface area contributed by atoms with E-state index >= 15 is 0 Å². The van der Waals surface area contributed by atoms with Crippen LogP contribution in [0, 0.1) is 5.82 Å². The third-order valence-electron chi connectivity index (χ3n) is 5.25. The van der Waals surface area contributed by atoms with Gasteiger partial charge in [-0.15, -0.1) is 0 Å². The first kappa shape index (κ1) is 22.9. The monoisotopic (exact) mass is 467 g/mol. The van der Waals surface area contributed by atoms with Crippen LogP contribution in [-0.2, 0) is 6.54 Å². The summed E-state index contributed by atoms with van der Waals surface area (Å²) in [6, 6.07) is 12.7. The Morgan fingerprint density at radius 1 is 1.15 bits per heavy atom. The summed E-state index contributed by atoms with van der Waals surface area (Å²) in [5, 5.41) is 8.66. The van der Waals surface area contributed by atoms with Crippen molar-refractivity contribution >= 4 is 35.1 Å². The third-order valence-corrected chi connectivity index (χ3v) is 5.25. The molecular formula is C23H23F2N7O2. The lowest BCUT2D eigenvalue weighted by molar-refractivity contribution is 0.100. The maximum atomic E-state index is 13.9. The largest absolute Gasteiger partial charge is 0.365 e. The van der Waals surface area contributed by atoms with E-state index in [1.165, 1.54) is 17.2 Å². The highest BCUT2D eigenvalue weighted by Gasteiger charge is 2.25. The van der Waals surface area contributed by atoms with E-state index in [0.29, 0.717) is 29.9 Å². The minimum Gasteiger partial charge on any atom is -0.365 e. The molecule has 0 spiro atoms. The molecule has 2 aromatic carbocycles. The van der Waals surface area contributed by atoms with Crippen molar-refractivity contribution in [3.05, 3.63) is 71.7 Å². The lowest BCUT2D eigenvalue weighted by atomic mass is 10.2. The number of hydrogen-bond acceptors (Lipinski definition) is 6. The summed E-state index contributed by atoms with van der Waals surface area (Å²) in [4.78, 5) is 33.9. The Kier molecular flexibility index (Phi) is 6.81. The van der Waals surface area contributed by atoms with Crippen molar-refractivity contribution in [2.24, 2.45) is 5.73 Å². The molecule has 3 amide bonds. The van der Waals surface area contributed by atoms with Crippen LogP contribution in [0.4, 0.5) is 36.7 Å². The first-order chi connectivity index (χ1) is 16.4. The first-order valence-electron chi connectivity index (χ1n) is 10.6. The fourth-order valence-electron chi connectivity index (χ4n) is 3.49. The molecule has 1 saturated heterocycles. The van der Waals surface area contributed by atoms with Crippen molar-refractivity contribution < 1.29 is 18.4 Å². The summed E-state index contributed by atoms with van der Waals surface area (Å²) in [5.41, 5.74) is 6.94. The van der Waals surface area contributed by atoms with Gasteiger partial charge >= 0.3 is 6.03 Å². The molecule has 2 heterocycles. The first-order valence-corrected chi connectivity index (χ1v) is 10.6. The van der Waals surface area contributed by atoms with E-state index in [4.69, 9.17) is 5.73 Å². The van der Waals surface area contributed by atoms with Crippen molar-refractivity contribution in [2.75, 3.05) is 29.0 Å². The topological polar surface area (TPSA) is 125 Å². The highest BCUT2D eigenvalue weighted by Crippen LogP contribution is 2.22. The molecule has 3 aromatic rings. The Morgan fingerprint density at radius 3 is 2.68 bits per heavy atom. The van der Waals surface area contributed by atoms with Crippen molar-refractivity contribution in [2.45, 2.75) is 19.1 Å². The van der Waals surface area contributed by atoms with E-state index in [0.717, 1.165) is 0 Å². The Labute approximate surface area is 194 Å². The molecule has 11 heteroatoms. The van der Waals surface area contributed by atoms with Gasteiger partial charge in [0.15, 0.2) is 0 Å². The zero-order chi connectivity index (χ0) is 24.1. The van der Waals surface area contributed by atoms with Gasteiger partial charge in [-0.05, 0) is 30.7 Å². The van der Waals surface area contributed by atoms with Gasteiger partial charge in [-0.1, -0.05) is 24.3 Å². The number of likely N-dealkylation sites (tertiary alicyclic amines) is 1. The molecule has 5 N–H and O–H groups in total. The zero-order valence-corrected chi connectivity index (χ0v) is 18.1. The number of nitrogens with zero attached hydrogens (tertiary/aromatic N) is 3. The second-order valence-electron chi connectivity index (χ2n) is 7.73. The van der Waals surface area contributed by atoms with Gasteiger partial charge in [0, 0.05) is 36.2 Å². The second kappa shape index (κ2) is 10.1. The number of carbonyl (C=O) groups is 2. The number of benzene rings is 2. The van der Waals surface area contributed by atoms with Crippen LogP contribution in [0.3, 0.4) is 0 Å². The fraction of sp³-hybridized carbons (Fsp3) is 0.217. The molecule has 1 fully saturated rings. The molecule has 1 atom stereocenters. The van der Waals surface area contributed by atoms with Crippen molar-refractivity contribution in [3.8, 4) is 0 Å². The van der Waals surface area contributed by atoms with Crippen LogP contribution in [0.1, 0.15) is 22.3 Å². The molecule has 9 nitrogen and oxygen atoms in total. The molecule has 1 aliphatic heterocycles. The number of hydrogen-bond donors (Lipinski definition) is 4. The summed E-state index contributed by atoms with van der Waals surface area (Å²) in [6.07, 6.45) is 0.606. The number of carbonyl (C=O) groups excluding carboxylic acids is 2. The summed E-state index contributed by atoms with van der Waals surface area (Å²) in [5.74, 6) is -0.820. The Hall–Kier alpha value is -4.28. The summed E-state index contributed by atoms with van der Waals surface area (Å²) < 4.78 is 27.3. The van der Waals surface area contributed by atoms with Crippen LogP contribution in [-0.4, -0.2) is 46.1 Å². The Balaban J connectivity index is 1.47. The average molecular weight is 467 g/mol. The highest BCUT2D eigenvalue weighted by molar-refractivity contribution is 5.97. The summed E-state index contributed by atoms with van der Waals surface area (Å²) in [7, 11) is 0. The van der Waals surface area contributed by atoms with Crippen molar-refractivity contribution in [1.82, 2.24) is 14.9 Å². The van der Waals surface area contributed by atoms with Gasteiger partial charge in [0.05, 0.1) is 12.1 Å². The zero-order valence-electron chi connectivity index (χ0n) is 18.1. The maximum absolute atomic E-state index is 13.9. The second-order valence-corrected chi connectivity index (χ2v) is 7.73. The van der Waals surface area contributed by atoms with Crippen molar-refractivity contribution in [1.29, 1.82) is 0 Å². The highest BCUT2D eigenvalue weighted by atomic mass is 19.1. The lowest BCUT2D eigenvalue weighted by Crippen LogP contribution is -2.33. The SMILES string of the molecule is NC(=O)c1cnc(Nc2cccc(NC(=O)N3CC[C@@H](F)C3)c2)nc1NCc1ccccc1F. The van der Waals surface area contributed by atoms with Gasteiger partial charge in [-0.2, -0.15) is 4.98 Å². The minimum atomic E-state index is -1.000. The maximum Gasteiger partial charge on any atom is 0.321 e. The van der Waals surface area contributed by atoms with Gasteiger partial charge < -0.3 is 26.6 Å². The van der Waals surface area contributed by atoms with Gasteiger partial charge in [-0.3, -0.25) is 4.79 Å². The standard InChI is InChI=1S/C23H23F2N7O2/c24-15-8-9-32(13-15)23(34)30-17-6-3-5-16(10-17)29-22-28-12-18(20(26)33)21(31-22)27-11-14-4-1-2-7-19(14)25/h1-7,10,12,15H,8-9,11,13H2,(H2,26,33)(H,30,34)(H2,27,28,29,31)/t15-/m1/s1. The number of nitrogens with two attached hydrogens (primary N) is 1. The third kappa shape index (κ3) is 5.55. The molecule has 0 unspecified atom stereocenters. The van der Waals surface area contributed by atoms with Crippen LogP contribution < -0.4 is 21.7 Å². The number of halogens is 2. The van der Waals surface area contributed by atoms with Gasteiger partial charge in [0.2, 0.25) is 5.95 Å². The number of nitrogens with one attached hydrogen (secondary N) is 3. The molecule has 176 valence electrons. The van der Waals surface area contributed by atoms with Crippen LogP contribution in [0.15, 0.2) is 54.7 Å². The molecule has 34 heavy (non-hydrogen) atoms. The molecule has 0 saturated carbocycles. The normalized spacial score (nSPS) is 15.1. The number of amides is 3. The minimum absolute atomic E-state index is 0.0553. The van der Waals surface area contributed by atoms with Crippen LogP contribution in [0.25, 0.3) is 0 Å². The molecule has 0 bridgehead atoms. The fourth-order valence-corrected chi connectivity index (χ4v) is 3.49. The van der Waals surface area contributed by atoms with Gasteiger partial charge in [-0.25, -0.2) is 18.6 Å². The van der Waals surface area contributed by atoms with Crippen LogP contribution >= 0.6 is 0 Å². The number of primary amides is 1. The number of urea groups is 1. The Morgan fingerprint density at radius 2 is 1.94 bits per heavy atom. The lowest BCUT2D eigenvalue weighted by Gasteiger charge is -2.17. The van der Waals surface area contributed by atoms with E-state index in [1.807, 2.05) is 0 Å². The van der Waals surface area contributed by atoms with Crippen LogP contribution in [0.5, 0.6) is 0 Å². The quantitative estimate of drug-likeness (QED) is 0.420. The number of rotatable bonds is 7. The van der Waals surface area contributed by atoms with E-state index in [-0.39, 0.29) is 36.5 Å². The molecule has 0 radical (unpaired) electrons. The predicted molar refractivity (Wildman–Crippen MR) is 124 cm³/mol. The molecule has 1 aromatic heterocycles.